The van der Waals surface area contributed by atoms with Crippen molar-refractivity contribution in [3.8, 4) is 5.75 Å². The van der Waals surface area contributed by atoms with Crippen molar-refractivity contribution < 1.29 is 9.53 Å². The van der Waals surface area contributed by atoms with Crippen molar-refractivity contribution in [1.29, 1.82) is 0 Å². The largest absolute Gasteiger partial charge is 0.474 e. The minimum atomic E-state index is -0.869. The normalized spacial score (nSPS) is 22.6. The van der Waals surface area contributed by atoms with Gasteiger partial charge in [-0.15, -0.1) is 0 Å². The highest BCUT2D eigenvalue weighted by Gasteiger charge is 2.50. The Bertz CT molecular complexity index is 801. The number of Topliss-reactive ketones (excluding diaryl/α,β-unsaturated/α-hetero) is 1. The van der Waals surface area contributed by atoms with Gasteiger partial charge in [0.1, 0.15) is 5.75 Å². The van der Waals surface area contributed by atoms with Gasteiger partial charge in [0.15, 0.2) is 0 Å². The number of benzene rings is 2. The molecular formula is C19H16O2. The van der Waals surface area contributed by atoms with Crippen LogP contribution in [0.25, 0.3) is 6.08 Å². The van der Waals surface area contributed by atoms with Crippen LogP contribution in [0.15, 0.2) is 48.0 Å². The molecule has 0 amide bonds. The van der Waals surface area contributed by atoms with Crippen LogP contribution in [0.5, 0.6) is 5.75 Å². The van der Waals surface area contributed by atoms with Crippen molar-refractivity contribution in [2.45, 2.75) is 25.9 Å². The van der Waals surface area contributed by atoms with Gasteiger partial charge in [-0.3, -0.25) is 4.79 Å². The summed E-state index contributed by atoms with van der Waals surface area (Å²) in [6.45, 7) is 3.94. The topological polar surface area (TPSA) is 26.3 Å². The molecular weight excluding hydrogens is 260 g/mol. The van der Waals surface area contributed by atoms with Crippen molar-refractivity contribution in [1.82, 2.24) is 0 Å². The van der Waals surface area contributed by atoms with Gasteiger partial charge in [0, 0.05) is 12.0 Å². The van der Waals surface area contributed by atoms with Crippen molar-refractivity contribution in [2.24, 2.45) is 0 Å². The molecule has 2 aromatic rings. The average molecular weight is 276 g/mol. The van der Waals surface area contributed by atoms with Crippen LogP contribution in [0.3, 0.4) is 0 Å². The molecule has 2 nitrogen and oxygen atoms in total. The Hall–Kier alpha value is -2.35. The summed E-state index contributed by atoms with van der Waals surface area (Å²) in [7, 11) is 0. The van der Waals surface area contributed by atoms with Crippen molar-refractivity contribution in [2.75, 3.05) is 0 Å². The highest BCUT2D eigenvalue weighted by atomic mass is 16.5. The second kappa shape index (κ2) is 4.08. The SMILES string of the molecule is CC1=Cc2ccccc2C2(Cc3cc(C)ccc3O2)C1=O. The van der Waals surface area contributed by atoms with E-state index < -0.39 is 5.60 Å². The smallest absolute Gasteiger partial charge is 0.207 e. The van der Waals surface area contributed by atoms with E-state index in [2.05, 4.69) is 13.0 Å². The fraction of sp³-hybridized carbons (Fsp3) is 0.211. The first-order valence-electron chi connectivity index (χ1n) is 7.21. The number of carbonyl (C=O) groups excluding carboxylic acids is 1. The third-order valence-electron chi connectivity index (χ3n) is 4.43. The fourth-order valence-corrected chi connectivity index (χ4v) is 3.45. The monoisotopic (exact) mass is 276 g/mol. The third-order valence-corrected chi connectivity index (χ3v) is 4.43. The lowest BCUT2D eigenvalue weighted by molar-refractivity contribution is -0.130. The number of carbonyl (C=O) groups is 1. The lowest BCUT2D eigenvalue weighted by Gasteiger charge is -2.32. The molecule has 0 aromatic heterocycles. The molecule has 0 N–H and O–H groups in total. The Labute approximate surface area is 124 Å². The quantitative estimate of drug-likeness (QED) is 0.731. The molecule has 0 saturated heterocycles. The molecule has 2 aliphatic rings. The lowest BCUT2D eigenvalue weighted by Crippen LogP contribution is -2.43. The van der Waals surface area contributed by atoms with Crippen LogP contribution in [0.1, 0.15) is 29.2 Å². The maximum atomic E-state index is 12.9. The van der Waals surface area contributed by atoms with Crippen LogP contribution in [0.4, 0.5) is 0 Å². The lowest BCUT2D eigenvalue weighted by atomic mass is 9.76. The van der Waals surface area contributed by atoms with Gasteiger partial charge in [0.05, 0.1) is 0 Å². The number of rotatable bonds is 0. The molecule has 1 aliphatic heterocycles. The van der Waals surface area contributed by atoms with Gasteiger partial charge >= 0.3 is 0 Å². The molecule has 2 aromatic carbocycles. The maximum absolute atomic E-state index is 12.9. The number of fused-ring (bicyclic) bond motifs is 3. The van der Waals surface area contributed by atoms with Gasteiger partial charge in [0.2, 0.25) is 11.4 Å². The molecule has 0 fully saturated rings. The minimum Gasteiger partial charge on any atom is -0.474 e. The molecule has 1 aliphatic carbocycles. The van der Waals surface area contributed by atoms with Crippen molar-refractivity contribution >= 4 is 11.9 Å². The first-order chi connectivity index (χ1) is 10.1. The molecule has 104 valence electrons. The Morgan fingerprint density at radius 1 is 1.10 bits per heavy atom. The van der Waals surface area contributed by atoms with Crippen LogP contribution < -0.4 is 4.74 Å². The summed E-state index contributed by atoms with van der Waals surface area (Å²) in [5.74, 6) is 0.911. The minimum absolute atomic E-state index is 0.0788. The Morgan fingerprint density at radius 3 is 2.76 bits per heavy atom. The molecule has 1 heterocycles. The maximum Gasteiger partial charge on any atom is 0.207 e. The number of ether oxygens (including phenoxy) is 1. The summed E-state index contributed by atoms with van der Waals surface area (Å²) in [6, 6.07) is 14.1. The van der Waals surface area contributed by atoms with Crippen LogP contribution in [0.2, 0.25) is 0 Å². The number of ketones is 1. The molecule has 1 unspecified atom stereocenters. The first kappa shape index (κ1) is 12.4. The van der Waals surface area contributed by atoms with Gasteiger partial charge in [-0.2, -0.15) is 0 Å². The molecule has 0 radical (unpaired) electrons. The average Bonchev–Trinajstić information content (AvgIpc) is 2.85. The van der Waals surface area contributed by atoms with E-state index in [0.717, 1.165) is 28.0 Å². The fourth-order valence-electron chi connectivity index (χ4n) is 3.45. The second-order valence-electron chi connectivity index (χ2n) is 5.96. The second-order valence-corrected chi connectivity index (χ2v) is 5.96. The highest BCUT2D eigenvalue weighted by Crippen LogP contribution is 2.46. The van der Waals surface area contributed by atoms with E-state index in [9.17, 15) is 4.79 Å². The molecule has 4 rings (SSSR count). The highest BCUT2D eigenvalue weighted by molar-refractivity contribution is 6.09. The van der Waals surface area contributed by atoms with Crippen LogP contribution in [-0.4, -0.2) is 5.78 Å². The molecule has 2 heteroatoms. The zero-order chi connectivity index (χ0) is 14.6. The Morgan fingerprint density at radius 2 is 1.90 bits per heavy atom. The van der Waals surface area contributed by atoms with E-state index >= 15 is 0 Å². The zero-order valence-electron chi connectivity index (χ0n) is 12.1. The predicted octanol–water partition coefficient (Wildman–Crippen LogP) is 3.81. The number of aryl methyl sites for hydroxylation is 1. The van der Waals surface area contributed by atoms with Crippen LogP contribution >= 0.6 is 0 Å². The summed E-state index contributed by atoms with van der Waals surface area (Å²) in [4.78, 5) is 12.9. The molecule has 1 atom stereocenters. The van der Waals surface area contributed by atoms with Gasteiger partial charge in [0.25, 0.3) is 0 Å². The first-order valence-corrected chi connectivity index (χ1v) is 7.21. The Kier molecular flexibility index (Phi) is 2.41. The summed E-state index contributed by atoms with van der Waals surface area (Å²) in [6.07, 6.45) is 2.57. The molecule has 0 bridgehead atoms. The molecule has 21 heavy (non-hydrogen) atoms. The van der Waals surface area contributed by atoms with E-state index in [1.807, 2.05) is 49.4 Å². The standard InChI is InChI=1S/C19H16O2/c1-12-7-8-17-15(9-12)11-19(21-17)16-6-4-3-5-14(16)10-13(2)18(19)20/h3-10H,11H2,1-2H3. The Balaban J connectivity index is 1.93. The number of hydrogen-bond acceptors (Lipinski definition) is 2. The zero-order valence-corrected chi connectivity index (χ0v) is 12.1. The van der Waals surface area contributed by atoms with E-state index in [0.29, 0.717) is 6.42 Å². The van der Waals surface area contributed by atoms with Gasteiger partial charge in [-0.05, 0) is 42.7 Å². The van der Waals surface area contributed by atoms with Gasteiger partial charge < -0.3 is 4.74 Å². The van der Waals surface area contributed by atoms with Gasteiger partial charge in [-0.25, -0.2) is 0 Å². The van der Waals surface area contributed by atoms with Gasteiger partial charge in [-0.1, -0.05) is 42.0 Å². The summed E-state index contributed by atoms with van der Waals surface area (Å²) in [5.41, 5.74) is 4.27. The van der Waals surface area contributed by atoms with Crippen molar-refractivity contribution in [3.05, 3.63) is 70.3 Å². The van der Waals surface area contributed by atoms with E-state index in [1.165, 1.54) is 5.56 Å². The van der Waals surface area contributed by atoms with E-state index in [-0.39, 0.29) is 5.78 Å². The third kappa shape index (κ3) is 1.62. The van der Waals surface area contributed by atoms with Crippen LogP contribution in [0, 0.1) is 6.92 Å². The predicted molar refractivity (Wildman–Crippen MR) is 82.3 cm³/mol. The summed E-state index contributed by atoms with van der Waals surface area (Å²) < 4.78 is 6.21. The van der Waals surface area contributed by atoms with E-state index in [1.54, 1.807) is 0 Å². The number of hydrogen-bond donors (Lipinski definition) is 0. The summed E-state index contributed by atoms with van der Waals surface area (Å²) >= 11 is 0. The summed E-state index contributed by atoms with van der Waals surface area (Å²) in [5, 5.41) is 0. The van der Waals surface area contributed by atoms with E-state index in [4.69, 9.17) is 4.74 Å². The van der Waals surface area contributed by atoms with Crippen molar-refractivity contribution in [3.63, 3.8) is 0 Å². The molecule has 0 saturated carbocycles. The molecule has 1 spiro atoms. The van der Waals surface area contributed by atoms with Crippen LogP contribution in [-0.2, 0) is 16.8 Å².